The molecular weight excluding hydrogens is 120 g/mol. The molecule has 0 aromatic carbocycles. The summed E-state index contributed by atoms with van der Waals surface area (Å²) in [6.45, 7) is 2.02. The molecule has 1 aromatic rings. The standard InChI is InChI=1S/C5H7N2O2/c1-4-6-5(3-8-2)9-7-4/h2-3H2,1H3. The molecule has 49 valence electrons. The summed E-state index contributed by atoms with van der Waals surface area (Å²) < 4.78 is 9.17. The quantitative estimate of drug-likeness (QED) is 0.586. The number of ether oxygens (including phenoxy) is 1. The van der Waals surface area contributed by atoms with Crippen molar-refractivity contribution in [3.05, 3.63) is 18.8 Å². The molecule has 0 aliphatic heterocycles. The molecule has 0 unspecified atom stereocenters. The fourth-order valence-electron chi connectivity index (χ4n) is 0.486. The Morgan fingerprint density at radius 1 is 1.78 bits per heavy atom. The zero-order valence-corrected chi connectivity index (χ0v) is 5.13. The molecule has 0 atom stereocenters. The highest BCUT2D eigenvalue weighted by Gasteiger charge is 1.98. The van der Waals surface area contributed by atoms with E-state index in [2.05, 4.69) is 26.5 Å². The zero-order valence-electron chi connectivity index (χ0n) is 5.13. The lowest BCUT2D eigenvalue weighted by Gasteiger charge is -1.85. The number of rotatable bonds is 2. The smallest absolute Gasteiger partial charge is 0.252 e. The molecule has 1 heterocycles. The minimum Gasteiger partial charge on any atom is -0.369 e. The van der Waals surface area contributed by atoms with Gasteiger partial charge in [0.15, 0.2) is 5.82 Å². The Bertz CT molecular complexity index is 185. The lowest BCUT2D eigenvalue weighted by molar-refractivity contribution is 0.186. The molecule has 0 bridgehead atoms. The van der Waals surface area contributed by atoms with Gasteiger partial charge in [-0.15, -0.1) is 0 Å². The Hall–Kier alpha value is -0.900. The summed E-state index contributed by atoms with van der Waals surface area (Å²) in [6.07, 6.45) is 0. The van der Waals surface area contributed by atoms with Crippen LogP contribution in [0.25, 0.3) is 0 Å². The number of hydrogen-bond donors (Lipinski definition) is 0. The third-order valence-corrected chi connectivity index (χ3v) is 0.795. The number of nitrogens with zero attached hydrogens (tertiary/aromatic N) is 2. The van der Waals surface area contributed by atoms with E-state index < -0.39 is 0 Å². The molecular formula is C5H7N2O2. The molecule has 1 rings (SSSR count). The van der Waals surface area contributed by atoms with E-state index in [0.29, 0.717) is 11.7 Å². The van der Waals surface area contributed by atoms with Gasteiger partial charge in [0.25, 0.3) is 5.89 Å². The third-order valence-electron chi connectivity index (χ3n) is 0.795. The summed E-state index contributed by atoms with van der Waals surface area (Å²) in [5.41, 5.74) is 0. The maximum atomic E-state index is 4.68. The van der Waals surface area contributed by atoms with Crippen LogP contribution < -0.4 is 0 Å². The average molecular weight is 127 g/mol. The van der Waals surface area contributed by atoms with Crippen molar-refractivity contribution >= 4 is 0 Å². The lowest BCUT2D eigenvalue weighted by Crippen LogP contribution is -1.84. The van der Waals surface area contributed by atoms with Crippen molar-refractivity contribution in [1.29, 1.82) is 0 Å². The summed E-state index contributed by atoms with van der Waals surface area (Å²) in [6, 6.07) is 0. The maximum absolute atomic E-state index is 4.68. The topological polar surface area (TPSA) is 48.2 Å². The highest BCUT2D eigenvalue weighted by Crippen LogP contribution is 1.95. The van der Waals surface area contributed by atoms with Crippen LogP contribution in [0.1, 0.15) is 11.7 Å². The number of aryl methyl sites for hydroxylation is 1. The molecule has 0 aliphatic rings. The van der Waals surface area contributed by atoms with Crippen molar-refractivity contribution in [2.24, 2.45) is 0 Å². The SMILES string of the molecule is [CH2]OCc1nc(C)no1. The van der Waals surface area contributed by atoms with Gasteiger partial charge in [0.05, 0.1) is 7.11 Å². The van der Waals surface area contributed by atoms with E-state index in [9.17, 15) is 0 Å². The van der Waals surface area contributed by atoms with Gasteiger partial charge in [-0.05, 0) is 6.92 Å². The molecule has 4 heteroatoms. The van der Waals surface area contributed by atoms with Gasteiger partial charge in [0.1, 0.15) is 6.61 Å². The zero-order chi connectivity index (χ0) is 6.69. The van der Waals surface area contributed by atoms with Crippen molar-refractivity contribution in [3.63, 3.8) is 0 Å². The van der Waals surface area contributed by atoms with Gasteiger partial charge in [-0.1, -0.05) is 5.16 Å². The normalized spacial score (nSPS) is 10.0. The third kappa shape index (κ3) is 1.50. The Morgan fingerprint density at radius 2 is 2.56 bits per heavy atom. The highest BCUT2D eigenvalue weighted by molar-refractivity contribution is 4.79. The number of aromatic nitrogens is 2. The Morgan fingerprint density at radius 3 is 3.00 bits per heavy atom. The van der Waals surface area contributed by atoms with E-state index in [-0.39, 0.29) is 6.61 Å². The highest BCUT2D eigenvalue weighted by atomic mass is 16.5. The van der Waals surface area contributed by atoms with Crippen LogP contribution in [0.15, 0.2) is 4.52 Å². The predicted molar refractivity (Wildman–Crippen MR) is 29.2 cm³/mol. The van der Waals surface area contributed by atoms with Crippen LogP contribution in [-0.4, -0.2) is 10.1 Å². The van der Waals surface area contributed by atoms with Gasteiger partial charge in [0, 0.05) is 0 Å². The van der Waals surface area contributed by atoms with Crippen molar-refractivity contribution in [1.82, 2.24) is 10.1 Å². The first-order valence-electron chi connectivity index (χ1n) is 2.49. The van der Waals surface area contributed by atoms with Crippen molar-refractivity contribution < 1.29 is 9.26 Å². The fraction of sp³-hybridized carbons (Fsp3) is 0.400. The molecule has 1 radical (unpaired) electrons. The molecule has 0 amide bonds. The Labute approximate surface area is 52.8 Å². The molecule has 1 aromatic heterocycles. The molecule has 0 aliphatic carbocycles. The van der Waals surface area contributed by atoms with Crippen LogP contribution in [-0.2, 0) is 11.3 Å². The maximum Gasteiger partial charge on any atom is 0.252 e. The molecule has 0 saturated heterocycles. The first kappa shape index (κ1) is 6.22. The monoisotopic (exact) mass is 127 g/mol. The molecule has 0 spiro atoms. The van der Waals surface area contributed by atoms with Gasteiger partial charge in [0.2, 0.25) is 0 Å². The first-order chi connectivity index (χ1) is 4.33. The molecule has 0 fully saturated rings. The second kappa shape index (κ2) is 2.59. The van der Waals surface area contributed by atoms with Gasteiger partial charge in [-0.3, -0.25) is 0 Å². The number of hydrogen-bond acceptors (Lipinski definition) is 4. The summed E-state index contributed by atoms with van der Waals surface area (Å²) in [4.78, 5) is 3.86. The van der Waals surface area contributed by atoms with Crippen LogP contribution in [0.5, 0.6) is 0 Å². The predicted octanol–water partition coefficient (Wildman–Crippen LogP) is 0.686. The minimum atomic E-state index is 0.279. The first-order valence-corrected chi connectivity index (χ1v) is 2.49. The van der Waals surface area contributed by atoms with E-state index in [1.807, 2.05) is 0 Å². The van der Waals surface area contributed by atoms with E-state index >= 15 is 0 Å². The van der Waals surface area contributed by atoms with Gasteiger partial charge in [-0.2, -0.15) is 4.98 Å². The van der Waals surface area contributed by atoms with E-state index in [1.165, 1.54) is 0 Å². The summed E-state index contributed by atoms with van der Waals surface area (Å²) in [5, 5.41) is 3.54. The van der Waals surface area contributed by atoms with Gasteiger partial charge in [-0.25, -0.2) is 0 Å². The Balaban J connectivity index is 2.61. The van der Waals surface area contributed by atoms with E-state index in [1.54, 1.807) is 6.92 Å². The van der Waals surface area contributed by atoms with Crippen molar-refractivity contribution in [2.45, 2.75) is 13.5 Å². The Kier molecular flexibility index (Phi) is 1.79. The van der Waals surface area contributed by atoms with Gasteiger partial charge >= 0.3 is 0 Å². The van der Waals surface area contributed by atoms with Gasteiger partial charge < -0.3 is 9.26 Å². The van der Waals surface area contributed by atoms with Crippen LogP contribution in [0.2, 0.25) is 0 Å². The second-order valence-electron chi connectivity index (χ2n) is 1.58. The summed E-state index contributed by atoms with van der Waals surface area (Å²) >= 11 is 0. The summed E-state index contributed by atoms with van der Waals surface area (Å²) in [7, 11) is 3.16. The van der Waals surface area contributed by atoms with E-state index in [4.69, 9.17) is 0 Å². The van der Waals surface area contributed by atoms with Crippen LogP contribution in [0.3, 0.4) is 0 Å². The van der Waals surface area contributed by atoms with Crippen LogP contribution in [0.4, 0.5) is 0 Å². The average Bonchev–Trinajstić information content (AvgIpc) is 2.17. The molecule has 9 heavy (non-hydrogen) atoms. The molecule has 4 nitrogen and oxygen atoms in total. The van der Waals surface area contributed by atoms with Crippen molar-refractivity contribution in [2.75, 3.05) is 0 Å². The second-order valence-corrected chi connectivity index (χ2v) is 1.58. The van der Waals surface area contributed by atoms with E-state index in [0.717, 1.165) is 0 Å². The summed E-state index contributed by atoms with van der Waals surface area (Å²) in [5.74, 6) is 1.07. The lowest BCUT2D eigenvalue weighted by atomic mass is 10.7. The molecule has 0 N–H and O–H groups in total. The van der Waals surface area contributed by atoms with Crippen molar-refractivity contribution in [3.8, 4) is 0 Å². The fourth-order valence-corrected chi connectivity index (χ4v) is 0.486. The van der Waals surface area contributed by atoms with Crippen LogP contribution in [0, 0.1) is 14.0 Å². The molecule has 0 saturated carbocycles. The van der Waals surface area contributed by atoms with Crippen LogP contribution >= 0.6 is 0 Å². The largest absolute Gasteiger partial charge is 0.369 e. The minimum absolute atomic E-state index is 0.279.